The Hall–Kier alpha value is -2.63. The van der Waals surface area contributed by atoms with Gasteiger partial charge < -0.3 is 9.30 Å². The smallest absolute Gasteiger partial charge is 0.264 e. The summed E-state index contributed by atoms with van der Waals surface area (Å²) in [6.07, 6.45) is 1.52. The van der Waals surface area contributed by atoms with Crippen LogP contribution in [0.3, 0.4) is 0 Å². The predicted molar refractivity (Wildman–Crippen MR) is 94.4 cm³/mol. The Morgan fingerprint density at radius 3 is 2.62 bits per heavy atom. The Kier molecular flexibility index (Phi) is 4.38. The molecule has 0 radical (unpaired) electrons. The van der Waals surface area contributed by atoms with Gasteiger partial charge in [-0.1, -0.05) is 6.07 Å². The molecule has 0 amide bonds. The topological polar surface area (TPSA) is 98.4 Å². The SMILES string of the molecule is CC1(C)Oc2ccc(C#N)cc2[C@@H](n2ccccc2=O)[C@@H]1OS(C)(=O)=O. The largest absolute Gasteiger partial charge is 0.485 e. The predicted octanol–water partition coefficient (Wildman–Crippen LogP) is 1.83. The molecular formula is C18H18N2O5S. The minimum atomic E-state index is -3.83. The first-order chi connectivity index (χ1) is 12.1. The van der Waals surface area contributed by atoms with Gasteiger partial charge >= 0.3 is 0 Å². The molecule has 1 aromatic heterocycles. The number of hydrogen-bond acceptors (Lipinski definition) is 6. The van der Waals surface area contributed by atoms with Crippen molar-refractivity contribution in [1.29, 1.82) is 5.26 Å². The number of benzene rings is 1. The van der Waals surface area contributed by atoms with Crippen LogP contribution < -0.4 is 10.3 Å². The quantitative estimate of drug-likeness (QED) is 0.760. The molecule has 0 spiro atoms. The van der Waals surface area contributed by atoms with Gasteiger partial charge in [0.2, 0.25) is 0 Å². The Labute approximate surface area is 151 Å². The van der Waals surface area contributed by atoms with E-state index < -0.39 is 27.9 Å². The molecule has 0 bridgehead atoms. The molecule has 7 nitrogen and oxygen atoms in total. The maximum atomic E-state index is 12.5. The molecule has 2 heterocycles. The van der Waals surface area contributed by atoms with Crippen molar-refractivity contribution in [3.05, 3.63) is 64.1 Å². The summed E-state index contributed by atoms with van der Waals surface area (Å²) in [6.45, 7) is 3.40. The van der Waals surface area contributed by atoms with Gasteiger partial charge in [-0.05, 0) is 38.1 Å². The van der Waals surface area contributed by atoms with Crippen LogP contribution in [0.4, 0.5) is 0 Å². The van der Waals surface area contributed by atoms with E-state index in [-0.39, 0.29) is 5.56 Å². The fraction of sp³-hybridized carbons (Fsp3) is 0.333. The van der Waals surface area contributed by atoms with E-state index in [9.17, 15) is 18.5 Å². The van der Waals surface area contributed by atoms with E-state index >= 15 is 0 Å². The number of fused-ring (bicyclic) bond motifs is 1. The molecule has 0 unspecified atom stereocenters. The van der Waals surface area contributed by atoms with Gasteiger partial charge in [0.05, 0.1) is 23.9 Å². The molecule has 8 heteroatoms. The number of hydrogen-bond donors (Lipinski definition) is 0. The maximum absolute atomic E-state index is 12.5. The molecule has 0 aliphatic carbocycles. The van der Waals surface area contributed by atoms with Gasteiger partial charge in [-0.25, -0.2) is 0 Å². The molecule has 0 N–H and O–H groups in total. The van der Waals surface area contributed by atoms with E-state index in [1.807, 2.05) is 6.07 Å². The van der Waals surface area contributed by atoms with Crippen molar-refractivity contribution in [2.45, 2.75) is 31.6 Å². The molecule has 1 aromatic carbocycles. The van der Waals surface area contributed by atoms with Crippen molar-refractivity contribution < 1.29 is 17.3 Å². The van der Waals surface area contributed by atoms with Crippen molar-refractivity contribution in [2.75, 3.05) is 6.26 Å². The standard InChI is InChI=1S/C18H18N2O5S/c1-18(2)17(25-26(3,22)23)16(20-9-5-4-6-15(20)21)13-10-12(11-19)7-8-14(13)24-18/h4-10,16-17H,1-3H3/t16-,17+/m1/s1. The molecule has 2 atom stereocenters. The third-order valence-electron chi connectivity index (χ3n) is 4.23. The van der Waals surface area contributed by atoms with Crippen LogP contribution in [0.25, 0.3) is 0 Å². The number of rotatable bonds is 3. The first-order valence-electron chi connectivity index (χ1n) is 7.91. The fourth-order valence-corrected chi connectivity index (χ4v) is 3.86. The molecule has 3 rings (SSSR count). The lowest BCUT2D eigenvalue weighted by Crippen LogP contribution is -2.54. The summed E-state index contributed by atoms with van der Waals surface area (Å²) < 4.78 is 36.4. The number of pyridine rings is 1. The summed E-state index contributed by atoms with van der Waals surface area (Å²) in [6, 6.07) is 10.8. The van der Waals surface area contributed by atoms with E-state index in [1.165, 1.54) is 10.6 Å². The minimum absolute atomic E-state index is 0.314. The first kappa shape index (κ1) is 18.2. The maximum Gasteiger partial charge on any atom is 0.264 e. The Bertz CT molecular complexity index is 1050. The fourth-order valence-electron chi connectivity index (χ4n) is 3.15. The second-order valence-corrected chi connectivity index (χ2v) is 8.28. The Morgan fingerprint density at radius 2 is 2.00 bits per heavy atom. The Balaban J connectivity index is 2.30. The van der Waals surface area contributed by atoms with Crippen molar-refractivity contribution in [2.24, 2.45) is 0 Å². The lowest BCUT2D eigenvalue weighted by atomic mass is 9.85. The third-order valence-corrected chi connectivity index (χ3v) is 4.79. The lowest BCUT2D eigenvalue weighted by Gasteiger charge is -2.44. The highest BCUT2D eigenvalue weighted by Gasteiger charge is 2.48. The highest BCUT2D eigenvalue weighted by molar-refractivity contribution is 7.86. The van der Waals surface area contributed by atoms with Gasteiger partial charge in [-0.2, -0.15) is 13.7 Å². The summed E-state index contributed by atoms with van der Waals surface area (Å²) >= 11 is 0. The average molecular weight is 374 g/mol. The van der Waals surface area contributed by atoms with Gasteiger partial charge in [-0.3, -0.25) is 8.98 Å². The van der Waals surface area contributed by atoms with Crippen molar-refractivity contribution >= 4 is 10.1 Å². The highest BCUT2D eigenvalue weighted by atomic mass is 32.2. The van der Waals surface area contributed by atoms with E-state index in [0.717, 1.165) is 6.26 Å². The number of ether oxygens (including phenoxy) is 1. The molecule has 0 saturated heterocycles. The van der Waals surface area contributed by atoms with E-state index in [4.69, 9.17) is 8.92 Å². The molecule has 0 fully saturated rings. The lowest BCUT2D eigenvalue weighted by molar-refractivity contribution is -0.0463. The average Bonchev–Trinajstić information content (AvgIpc) is 2.55. The molecular weight excluding hydrogens is 356 g/mol. The zero-order valence-corrected chi connectivity index (χ0v) is 15.4. The normalized spacial score (nSPS) is 21.3. The van der Waals surface area contributed by atoms with Crippen LogP contribution in [0.1, 0.15) is 31.0 Å². The number of nitriles is 1. The van der Waals surface area contributed by atoms with Crippen molar-refractivity contribution in [3.8, 4) is 11.8 Å². The second kappa shape index (κ2) is 6.27. The van der Waals surface area contributed by atoms with Crippen molar-refractivity contribution in [3.63, 3.8) is 0 Å². The van der Waals surface area contributed by atoms with Gasteiger partial charge in [0.15, 0.2) is 0 Å². The van der Waals surface area contributed by atoms with E-state index in [2.05, 4.69) is 0 Å². The molecule has 0 saturated carbocycles. The summed E-state index contributed by atoms with van der Waals surface area (Å²) in [4.78, 5) is 12.5. The van der Waals surface area contributed by atoms with E-state index in [1.54, 1.807) is 50.4 Å². The molecule has 1 aliphatic heterocycles. The molecule has 2 aromatic rings. The van der Waals surface area contributed by atoms with Crippen LogP contribution >= 0.6 is 0 Å². The summed E-state index contributed by atoms with van der Waals surface area (Å²) in [5, 5.41) is 9.22. The molecule has 1 aliphatic rings. The van der Waals surface area contributed by atoms with Gasteiger partial charge in [0, 0.05) is 17.8 Å². The first-order valence-corrected chi connectivity index (χ1v) is 9.72. The summed E-state index contributed by atoms with van der Waals surface area (Å²) in [7, 11) is -3.83. The van der Waals surface area contributed by atoms with Crippen LogP contribution in [-0.2, 0) is 14.3 Å². The Morgan fingerprint density at radius 1 is 1.27 bits per heavy atom. The van der Waals surface area contributed by atoms with Crippen LogP contribution in [-0.4, -0.2) is 30.9 Å². The zero-order chi connectivity index (χ0) is 19.1. The summed E-state index contributed by atoms with van der Waals surface area (Å²) in [5.41, 5.74) is -0.459. The second-order valence-electron chi connectivity index (χ2n) is 6.68. The van der Waals surface area contributed by atoms with Crippen LogP contribution in [0.15, 0.2) is 47.4 Å². The zero-order valence-electron chi connectivity index (χ0n) is 14.5. The van der Waals surface area contributed by atoms with Gasteiger partial charge in [0.25, 0.3) is 15.7 Å². The minimum Gasteiger partial charge on any atom is -0.485 e. The van der Waals surface area contributed by atoms with Crippen LogP contribution in [0.5, 0.6) is 5.75 Å². The van der Waals surface area contributed by atoms with Crippen molar-refractivity contribution in [1.82, 2.24) is 4.57 Å². The van der Waals surface area contributed by atoms with Crippen LogP contribution in [0, 0.1) is 11.3 Å². The van der Waals surface area contributed by atoms with Gasteiger partial charge in [-0.15, -0.1) is 0 Å². The number of aromatic nitrogens is 1. The molecule has 136 valence electrons. The molecule has 26 heavy (non-hydrogen) atoms. The highest BCUT2D eigenvalue weighted by Crippen LogP contribution is 2.43. The van der Waals surface area contributed by atoms with E-state index in [0.29, 0.717) is 16.9 Å². The van der Waals surface area contributed by atoms with Crippen LogP contribution in [0.2, 0.25) is 0 Å². The third kappa shape index (κ3) is 3.36. The summed E-state index contributed by atoms with van der Waals surface area (Å²) in [5.74, 6) is 0.475. The monoisotopic (exact) mass is 374 g/mol. The van der Waals surface area contributed by atoms with Gasteiger partial charge in [0.1, 0.15) is 17.5 Å². The number of nitrogens with zero attached hydrogens (tertiary/aromatic N) is 2.